The van der Waals surface area contributed by atoms with Crippen molar-refractivity contribution in [1.82, 2.24) is 15.0 Å². The van der Waals surface area contributed by atoms with Gasteiger partial charge in [-0.25, -0.2) is 15.0 Å². The van der Waals surface area contributed by atoms with Crippen LogP contribution in [0, 0.1) is 5.92 Å². The molecular weight excluding hydrogens is 202 g/mol. The van der Waals surface area contributed by atoms with Crippen LogP contribution in [0.15, 0.2) is 6.20 Å². The van der Waals surface area contributed by atoms with Crippen molar-refractivity contribution < 1.29 is 0 Å². The number of hydrazine groups is 1. The van der Waals surface area contributed by atoms with Crippen LogP contribution in [0.25, 0.3) is 0 Å². The average molecular weight is 219 g/mol. The molecule has 2 unspecified atom stereocenters. The van der Waals surface area contributed by atoms with Gasteiger partial charge in [-0.2, -0.15) is 0 Å². The predicted molar refractivity (Wildman–Crippen MR) is 61.3 cm³/mol. The monoisotopic (exact) mass is 219 g/mol. The van der Waals surface area contributed by atoms with Crippen LogP contribution in [0.5, 0.6) is 0 Å². The summed E-state index contributed by atoms with van der Waals surface area (Å²) in [5.41, 5.74) is 7.96. The molecule has 1 aliphatic carbocycles. The average Bonchev–Trinajstić information content (AvgIpc) is 2.27. The highest BCUT2D eigenvalue weighted by atomic mass is 15.4. The second kappa shape index (κ2) is 3.68. The van der Waals surface area contributed by atoms with Gasteiger partial charge in [-0.1, -0.05) is 0 Å². The summed E-state index contributed by atoms with van der Waals surface area (Å²) >= 11 is 0. The van der Waals surface area contributed by atoms with Crippen LogP contribution in [0.2, 0.25) is 0 Å². The Bertz CT molecular complexity index is 405. The Balaban J connectivity index is 1.93. The van der Waals surface area contributed by atoms with Gasteiger partial charge >= 0.3 is 0 Å². The molecule has 0 aromatic carbocycles. The first-order valence-electron chi connectivity index (χ1n) is 5.85. The molecule has 4 N–H and O–H groups in total. The minimum atomic E-state index is 0.387. The molecule has 3 rings (SSSR count). The quantitative estimate of drug-likeness (QED) is 0.605. The first-order chi connectivity index (χ1) is 7.74. The van der Waals surface area contributed by atoms with Gasteiger partial charge in [-0.15, -0.1) is 0 Å². The van der Waals surface area contributed by atoms with E-state index in [2.05, 4.69) is 9.97 Å². The zero-order valence-corrected chi connectivity index (χ0v) is 9.26. The van der Waals surface area contributed by atoms with Gasteiger partial charge in [-0.05, 0) is 37.2 Å². The minimum Gasteiger partial charge on any atom is -0.368 e. The fourth-order valence-corrected chi connectivity index (χ4v) is 2.97. The molecule has 86 valence electrons. The summed E-state index contributed by atoms with van der Waals surface area (Å²) in [7, 11) is 0. The third kappa shape index (κ3) is 1.56. The molecule has 5 nitrogen and oxygen atoms in total. The van der Waals surface area contributed by atoms with Crippen molar-refractivity contribution in [3.05, 3.63) is 17.5 Å². The summed E-state index contributed by atoms with van der Waals surface area (Å²) in [4.78, 5) is 8.40. The van der Waals surface area contributed by atoms with Crippen molar-refractivity contribution in [2.45, 2.75) is 31.7 Å². The van der Waals surface area contributed by atoms with Gasteiger partial charge in [0.15, 0.2) is 0 Å². The number of fused-ring (bicyclic) bond motifs is 2. The minimum absolute atomic E-state index is 0.387. The summed E-state index contributed by atoms with van der Waals surface area (Å²) in [5.74, 6) is 7.07. The number of rotatable bonds is 0. The molecule has 16 heavy (non-hydrogen) atoms. The smallest absolute Gasteiger partial charge is 0.220 e. The highest BCUT2D eigenvalue weighted by Gasteiger charge is 2.34. The molecule has 0 saturated carbocycles. The maximum absolute atomic E-state index is 6.04. The van der Waals surface area contributed by atoms with Crippen LogP contribution in [-0.2, 0) is 12.8 Å². The van der Waals surface area contributed by atoms with Gasteiger partial charge in [-0.3, -0.25) is 5.84 Å². The molecule has 0 spiro atoms. The van der Waals surface area contributed by atoms with Crippen LogP contribution in [0.3, 0.4) is 0 Å². The zero-order chi connectivity index (χ0) is 11.1. The van der Waals surface area contributed by atoms with Gasteiger partial charge in [0.1, 0.15) is 0 Å². The van der Waals surface area contributed by atoms with Crippen molar-refractivity contribution in [2.75, 3.05) is 12.3 Å². The highest BCUT2D eigenvalue weighted by Crippen LogP contribution is 2.32. The Kier molecular flexibility index (Phi) is 2.29. The Hall–Kier alpha value is -1.20. The molecule has 1 aromatic heterocycles. The lowest BCUT2D eigenvalue weighted by molar-refractivity contribution is 0.0849. The second-order valence-electron chi connectivity index (χ2n) is 4.82. The van der Waals surface area contributed by atoms with Gasteiger partial charge in [0.25, 0.3) is 0 Å². The van der Waals surface area contributed by atoms with Crippen molar-refractivity contribution >= 4 is 5.95 Å². The zero-order valence-electron chi connectivity index (χ0n) is 9.26. The predicted octanol–water partition coefficient (Wildman–Crippen LogP) is 0.112. The second-order valence-corrected chi connectivity index (χ2v) is 4.82. The molecule has 1 aromatic rings. The molecule has 2 heterocycles. The van der Waals surface area contributed by atoms with Crippen molar-refractivity contribution in [2.24, 2.45) is 11.8 Å². The van der Waals surface area contributed by atoms with E-state index in [-0.39, 0.29) is 0 Å². The molecule has 0 radical (unpaired) electrons. The molecule has 0 amide bonds. The van der Waals surface area contributed by atoms with Crippen molar-refractivity contribution in [3.63, 3.8) is 0 Å². The first kappa shape index (κ1) is 9.99. The maximum atomic E-state index is 6.04. The Morgan fingerprint density at radius 3 is 3.12 bits per heavy atom. The van der Waals surface area contributed by atoms with Crippen LogP contribution in [-0.4, -0.2) is 27.6 Å². The number of aromatic nitrogens is 2. The van der Waals surface area contributed by atoms with Crippen molar-refractivity contribution in [1.29, 1.82) is 0 Å². The van der Waals surface area contributed by atoms with E-state index in [0.717, 1.165) is 25.1 Å². The van der Waals surface area contributed by atoms with E-state index in [1.165, 1.54) is 18.4 Å². The number of anilines is 1. The molecule has 1 fully saturated rings. The highest BCUT2D eigenvalue weighted by molar-refractivity contribution is 5.29. The third-order valence-corrected chi connectivity index (χ3v) is 3.82. The van der Waals surface area contributed by atoms with E-state index in [9.17, 15) is 0 Å². The normalized spacial score (nSPS) is 29.6. The summed E-state index contributed by atoms with van der Waals surface area (Å²) < 4.78 is 0. The fraction of sp³-hybridized carbons (Fsp3) is 0.636. The molecule has 1 aliphatic heterocycles. The van der Waals surface area contributed by atoms with Crippen LogP contribution < -0.4 is 11.6 Å². The molecule has 1 saturated heterocycles. The van der Waals surface area contributed by atoms with Crippen LogP contribution in [0.4, 0.5) is 5.95 Å². The van der Waals surface area contributed by atoms with E-state index in [0.29, 0.717) is 17.9 Å². The summed E-state index contributed by atoms with van der Waals surface area (Å²) in [5, 5.41) is 1.99. The van der Waals surface area contributed by atoms with E-state index in [1.54, 1.807) is 0 Å². The number of hydrogen-bond acceptors (Lipinski definition) is 5. The Morgan fingerprint density at radius 2 is 2.25 bits per heavy atom. The Labute approximate surface area is 94.8 Å². The molecule has 2 aliphatic rings. The SMILES string of the molecule is Nc1ncc2c(n1)CC1CCCN(N)C1C2. The molecular formula is C11H17N5. The van der Waals surface area contributed by atoms with E-state index in [4.69, 9.17) is 11.6 Å². The lowest BCUT2D eigenvalue weighted by Crippen LogP contribution is -2.52. The van der Waals surface area contributed by atoms with Gasteiger partial charge in [0, 0.05) is 24.5 Å². The van der Waals surface area contributed by atoms with Crippen molar-refractivity contribution in [3.8, 4) is 0 Å². The summed E-state index contributed by atoms with van der Waals surface area (Å²) in [6.45, 7) is 1.01. The van der Waals surface area contributed by atoms with Crippen LogP contribution >= 0.6 is 0 Å². The number of nitrogens with two attached hydrogens (primary N) is 2. The largest absolute Gasteiger partial charge is 0.368 e. The first-order valence-corrected chi connectivity index (χ1v) is 5.85. The van der Waals surface area contributed by atoms with Crippen LogP contribution in [0.1, 0.15) is 24.1 Å². The van der Waals surface area contributed by atoms with E-state index < -0.39 is 0 Å². The van der Waals surface area contributed by atoms with Gasteiger partial charge in [0.05, 0.1) is 0 Å². The maximum Gasteiger partial charge on any atom is 0.220 e. The summed E-state index contributed by atoms with van der Waals surface area (Å²) in [6.07, 6.45) is 6.27. The Morgan fingerprint density at radius 1 is 1.38 bits per heavy atom. The molecule has 0 bridgehead atoms. The number of nitrogens with zero attached hydrogens (tertiary/aromatic N) is 3. The lowest BCUT2D eigenvalue weighted by Gasteiger charge is -2.41. The third-order valence-electron chi connectivity index (χ3n) is 3.82. The standard InChI is InChI=1S/C11H17N5/c12-11-14-6-8-5-10-7(4-9(8)15-11)2-1-3-16(10)13/h6-7,10H,1-5,13H2,(H2,12,14,15). The number of nitrogen functional groups attached to an aromatic ring is 1. The lowest BCUT2D eigenvalue weighted by atomic mass is 9.78. The van der Waals surface area contributed by atoms with E-state index >= 15 is 0 Å². The number of piperidine rings is 1. The van der Waals surface area contributed by atoms with E-state index in [1.807, 2.05) is 11.2 Å². The van der Waals surface area contributed by atoms with Gasteiger partial charge < -0.3 is 5.73 Å². The topological polar surface area (TPSA) is 81.1 Å². The molecule has 2 atom stereocenters. The fourth-order valence-electron chi connectivity index (χ4n) is 2.97. The number of hydrogen-bond donors (Lipinski definition) is 2. The van der Waals surface area contributed by atoms with Gasteiger partial charge in [0.2, 0.25) is 5.95 Å². The summed E-state index contributed by atoms with van der Waals surface area (Å²) in [6, 6.07) is 0.466. The molecule has 5 heteroatoms.